The predicted octanol–water partition coefficient (Wildman–Crippen LogP) is 0.612. The van der Waals surface area contributed by atoms with Crippen LogP contribution in [0.1, 0.15) is 17.2 Å². The highest BCUT2D eigenvalue weighted by atomic mass is 16.5. The number of morpholine rings is 1. The van der Waals surface area contributed by atoms with Crippen molar-refractivity contribution in [1.29, 1.82) is 0 Å². The number of rotatable bonds is 2. The Kier molecular flexibility index (Phi) is 3.90. The van der Waals surface area contributed by atoms with Crippen LogP contribution in [-0.4, -0.2) is 54.3 Å². The van der Waals surface area contributed by atoms with Gasteiger partial charge in [0.1, 0.15) is 0 Å². The van der Waals surface area contributed by atoms with Crippen molar-refractivity contribution in [3.63, 3.8) is 0 Å². The molecule has 0 aliphatic carbocycles. The third-order valence-electron chi connectivity index (χ3n) is 3.91. The lowest BCUT2D eigenvalue weighted by molar-refractivity contribution is -0.165. The van der Waals surface area contributed by atoms with Gasteiger partial charge in [-0.1, -0.05) is 24.3 Å². The van der Waals surface area contributed by atoms with Crippen molar-refractivity contribution in [1.82, 2.24) is 4.90 Å². The molecule has 3 rings (SSSR count). The highest BCUT2D eigenvalue weighted by molar-refractivity contribution is 5.88. The Balaban J connectivity index is 1.86. The van der Waals surface area contributed by atoms with Crippen LogP contribution in [0.2, 0.25) is 0 Å². The first-order valence-corrected chi connectivity index (χ1v) is 6.99. The quantitative estimate of drug-likeness (QED) is 0.864. The first-order valence-electron chi connectivity index (χ1n) is 6.99. The summed E-state index contributed by atoms with van der Waals surface area (Å²) in [4.78, 5) is 25.4. The summed E-state index contributed by atoms with van der Waals surface area (Å²) in [6.45, 7) is 1.12. The molecule has 1 saturated heterocycles. The number of fused-ring (bicyclic) bond motifs is 1. The van der Waals surface area contributed by atoms with E-state index in [-0.39, 0.29) is 19.1 Å². The van der Waals surface area contributed by atoms with Crippen LogP contribution in [-0.2, 0) is 25.5 Å². The number of benzene rings is 1. The number of amides is 1. The summed E-state index contributed by atoms with van der Waals surface area (Å²) in [5, 5.41) is 9.24. The zero-order valence-corrected chi connectivity index (χ0v) is 11.5. The molecule has 2 heterocycles. The molecule has 1 N–H and O–H groups in total. The van der Waals surface area contributed by atoms with E-state index in [0.29, 0.717) is 13.2 Å². The Morgan fingerprint density at radius 2 is 2.05 bits per heavy atom. The van der Waals surface area contributed by atoms with E-state index in [9.17, 15) is 14.7 Å². The highest BCUT2D eigenvalue weighted by Crippen LogP contribution is 2.29. The van der Waals surface area contributed by atoms with Gasteiger partial charge in [0.15, 0.2) is 12.1 Å². The topological polar surface area (TPSA) is 76.1 Å². The summed E-state index contributed by atoms with van der Waals surface area (Å²) < 4.78 is 10.8. The van der Waals surface area contributed by atoms with Crippen molar-refractivity contribution in [2.24, 2.45) is 0 Å². The van der Waals surface area contributed by atoms with Crippen LogP contribution in [0.3, 0.4) is 0 Å². The Bertz CT molecular complexity index is 559. The van der Waals surface area contributed by atoms with Gasteiger partial charge in [-0.05, 0) is 17.5 Å². The van der Waals surface area contributed by atoms with Crippen LogP contribution >= 0.6 is 0 Å². The standard InChI is InChI=1S/C15H17NO5/c17-14(16-6-8-20-9-12(16)15(18)19)13-11-4-2-1-3-10(11)5-7-21-13/h1-4,12-13H,5-9H2,(H,18,19)/t12-,13+/m1/s1. The van der Waals surface area contributed by atoms with Crippen molar-refractivity contribution in [2.75, 3.05) is 26.4 Å². The molecule has 6 heteroatoms. The molecule has 21 heavy (non-hydrogen) atoms. The Morgan fingerprint density at radius 1 is 1.24 bits per heavy atom. The van der Waals surface area contributed by atoms with Crippen molar-refractivity contribution in [2.45, 2.75) is 18.6 Å². The molecular formula is C15H17NO5. The van der Waals surface area contributed by atoms with E-state index < -0.39 is 18.1 Å². The van der Waals surface area contributed by atoms with Gasteiger partial charge in [-0.15, -0.1) is 0 Å². The Hall–Kier alpha value is -1.92. The van der Waals surface area contributed by atoms with Crippen LogP contribution in [0.15, 0.2) is 24.3 Å². The van der Waals surface area contributed by atoms with Gasteiger partial charge in [0.25, 0.3) is 5.91 Å². The summed E-state index contributed by atoms with van der Waals surface area (Å²) in [6.07, 6.45) is 0.0562. The van der Waals surface area contributed by atoms with Crippen LogP contribution < -0.4 is 0 Å². The van der Waals surface area contributed by atoms with Gasteiger partial charge in [-0.3, -0.25) is 4.79 Å². The van der Waals surface area contributed by atoms with Crippen LogP contribution in [0.5, 0.6) is 0 Å². The van der Waals surface area contributed by atoms with Gasteiger partial charge in [0.05, 0.1) is 19.8 Å². The maximum absolute atomic E-state index is 12.7. The third-order valence-corrected chi connectivity index (χ3v) is 3.91. The van der Waals surface area contributed by atoms with Gasteiger partial charge < -0.3 is 19.5 Å². The zero-order valence-electron chi connectivity index (χ0n) is 11.5. The molecule has 0 unspecified atom stereocenters. The number of hydrogen-bond acceptors (Lipinski definition) is 4. The monoisotopic (exact) mass is 291 g/mol. The lowest BCUT2D eigenvalue weighted by Gasteiger charge is -2.36. The van der Waals surface area contributed by atoms with Gasteiger partial charge in [0, 0.05) is 6.54 Å². The zero-order chi connectivity index (χ0) is 14.8. The SMILES string of the molecule is O=C(O)[C@H]1COCCN1C(=O)[C@H]1OCCc2ccccc21. The first kappa shape index (κ1) is 14.0. The number of hydrogen-bond donors (Lipinski definition) is 1. The molecule has 0 aromatic heterocycles. The molecule has 1 aromatic carbocycles. The average molecular weight is 291 g/mol. The van der Waals surface area contributed by atoms with E-state index in [4.69, 9.17) is 9.47 Å². The van der Waals surface area contributed by atoms with E-state index in [1.54, 1.807) is 0 Å². The summed E-state index contributed by atoms with van der Waals surface area (Å²) in [5.41, 5.74) is 1.92. The molecule has 0 saturated carbocycles. The summed E-state index contributed by atoms with van der Waals surface area (Å²) in [5.74, 6) is -1.34. The largest absolute Gasteiger partial charge is 0.480 e. The molecule has 6 nitrogen and oxygen atoms in total. The second-order valence-corrected chi connectivity index (χ2v) is 5.16. The van der Waals surface area contributed by atoms with Gasteiger partial charge in [-0.2, -0.15) is 0 Å². The number of aliphatic carboxylic acids is 1. The number of carboxylic acids is 1. The smallest absolute Gasteiger partial charge is 0.328 e. The molecular weight excluding hydrogens is 274 g/mol. The maximum atomic E-state index is 12.7. The molecule has 2 aliphatic heterocycles. The fourth-order valence-electron chi connectivity index (χ4n) is 2.82. The lowest BCUT2D eigenvalue weighted by atomic mass is 9.96. The predicted molar refractivity (Wildman–Crippen MR) is 72.8 cm³/mol. The van der Waals surface area contributed by atoms with Crippen LogP contribution in [0.25, 0.3) is 0 Å². The lowest BCUT2D eigenvalue weighted by Crippen LogP contribution is -2.54. The van der Waals surface area contributed by atoms with Crippen LogP contribution in [0.4, 0.5) is 0 Å². The number of ether oxygens (including phenoxy) is 2. The maximum Gasteiger partial charge on any atom is 0.328 e. The number of carboxylic acid groups (broad SMARTS) is 1. The summed E-state index contributed by atoms with van der Waals surface area (Å²) in [6, 6.07) is 6.70. The molecule has 0 bridgehead atoms. The second kappa shape index (κ2) is 5.83. The highest BCUT2D eigenvalue weighted by Gasteiger charge is 2.38. The van der Waals surface area contributed by atoms with Gasteiger partial charge >= 0.3 is 5.97 Å². The molecule has 0 radical (unpaired) electrons. The minimum Gasteiger partial charge on any atom is -0.480 e. The normalized spacial score (nSPS) is 25.2. The van der Waals surface area contributed by atoms with E-state index in [1.165, 1.54) is 4.90 Å². The molecule has 1 aromatic rings. The first-order chi connectivity index (χ1) is 10.2. The third kappa shape index (κ3) is 2.64. The van der Waals surface area contributed by atoms with E-state index in [0.717, 1.165) is 17.5 Å². The molecule has 0 spiro atoms. The second-order valence-electron chi connectivity index (χ2n) is 5.16. The van der Waals surface area contributed by atoms with Crippen molar-refractivity contribution < 1.29 is 24.2 Å². The summed E-state index contributed by atoms with van der Waals surface area (Å²) >= 11 is 0. The van der Waals surface area contributed by atoms with Crippen LogP contribution in [0, 0.1) is 0 Å². The van der Waals surface area contributed by atoms with Gasteiger partial charge in [-0.25, -0.2) is 4.79 Å². The number of carbonyl (C=O) groups excluding carboxylic acids is 1. The Labute approximate surface area is 122 Å². The van der Waals surface area contributed by atoms with E-state index >= 15 is 0 Å². The molecule has 112 valence electrons. The molecule has 1 amide bonds. The minimum atomic E-state index is -1.05. The molecule has 2 aliphatic rings. The number of nitrogens with zero attached hydrogens (tertiary/aromatic N) is 1. The van der Waals surface area contributed by atoms with Crippen molar-refractivity contribution >= 4 is 11.9 Å². The molecule has 2 atom stereocenters. The fourth-order valence-corrected chi connectivity index (χ4v) is 2.82. The van der Waals surface area contributed by atoms with Gasteiger partial charge in [0.2, 0.25) is 0 Å². The fraction of sp³-hybridized carbons (Fsp3) is 0.467. The Morgan fingerprint density at radius 3 is 2.86 bits per heavy atom. The van der Waals surface area contributed by atoms with Crippen molar-refractivity contribution in [3.8, 4) is 0 Å². The molecule has 1 fully saturated rings. The number of carbonyl (C=O) groups is 2. The average Bonchev–Trinajstić information content (AvgIpc) is 2.53. The summed E-state index contributed by atoms with van der Waals surface area (Å²) in [7, 11) is 0. The minimum absolute atomic E-state index is 0.0233. The van der Waals surface area contributed by atoms with E-state index in [2.05, 4.69) is 0 Å². The van der Waals surface area contributed by atoms with Crippen molar-refractivity contribution in [3.05, 3.63) is 35.4 Å². The van der Waals surface area contributed by atoms with E-state index in [1.807, 2.05) is 24.3 Å².